The number of ether oxygens (including phenoxy) is 1. The Hall–Kier alpha value is -2.20. The Labute approximate surface area is 124 Å². The van der Waals surface area contributed by atoms with Gasteiger partial charge >= 0.3 is 5.97 Å². The van der Waals surface area contributed by atoms with Crippen LogP contribution in [0, 0.1) is 0 Å². The second-order valence-electron chi connectivity index (χ2n) is 5.16. The number of rotatable bonds is 8. The summed E-state index contributed by atoms with van der Waals surface area (Å²) < 4.78 is 5.33. The molecule has 0 amide bonds. The highest BCUT2D eigenvalue weighted by atomic mass is 16.5. The van der Waals surface area contributed by atoms with E-state index >= 15 is 0 Å². The van der Waals surface area contributed by atoms with Crippen molar-refractivity contribution < 1.29 is 14.6 Å². The van der Waals surface area contributed by atoms with Crippen LogP contribution in [0.2, 0.25) is 0 Å². The predicted molar refractivity (Wildman–Crippen MR) is 80.5 cm³/mol. The molecule has 6 nitrogen and oxygen atoms in total. The summed E-state index contributed by atoms with van der Waals surface area (Å²) in [7, 11) is 1.62. The standard InChI is InChI=1S/C15H21N3O3/c1-10(2)12-9-11(7-8-14(12)21-3)13(17-18-16)5-4-6-15(19)20/h7-10,13H,4-6H2,1-3H3,(H,19,20). The van der Waals surface area contributed by atoms with Gasteiger partial charge in [-0.1, -0.05) is 31.1 Å². The minimum Gasteiger partial charge on any atom is -0.496 e. The normalized spacial score (nSPS) is 11.8. The molecule has 0 saturated carbocycles. The Kier molecular flexibility index (Phi) is 6.56. The van der Waals surface area contributed by atoms with Crippen LogP contribution in [0.1, 0.15) is 56.2 Å². The van der Waals surface area contributed by atoms with Gasteiger partial charge in [0.1, 0.15) is 5.75 Å². The molecule has 1 N–H and O–H groups in total. The Bertz CT molecular complexity index is 537. The minimum atomic E-state index is -0.840. The van der Waals surface area contributed by atoms with E-state index in [-0.39, 0.29) is 18.4 Å². The van der Waals surface area contributed by atoms with E-state index in [4.69, 9.17) is 15.4 Å². The summed E-state index contributed by atoms with van der Waals surface area (Å²) in [4.78, 5) is 13.5. The minimum absolute atomic E-state index is 0.0740. The first kappa shape index (κ1) is 16.9. The average molecular weight is 291 g/mol. The number of nitrogens with zero attached hydrogens (tertiary/aromatic N) is 3. The third-order valence-corrected chi connectivity index (χ3v) is 3.32. The highest BCUT2D eigenvalue weighted by molar-refractivity contribution is 5.66. The van der Waals surface area contributed by atoms with Gasteiger partial charge in [-0.15, -0.1) is 0 Å². The Morgan fingerprint density at radius 1 is 1.48 bits per heavy atom. The van der Waals surface area contributed by atoms with Crippen molar-refractivity contribution in [3.8, 4) is 5.75 Å². The van der Waals surface area contributed by atoms with Crippen molar-refractivity contribution in [1.29, 1.82) is 0 Å². The van der Waals surface area contributed by atoms with E-state index in [1.165, 1.54) is 0 Å². The fraction of sp³-hybridized carbons (Fsp3) is 0.533. The van der Waals surface area contributed by atoms with Crippen molar-refractivity contribution in [2.45, 2.75) is 45.1 Å². The summed E-state index contributed by atoms with van der Waals surface area (Å²) in [5.41, 5.74) is 10.6. The number of carbonyl (C=O) groups is 1. The molecular formula is C15H21N3O3. The van der Waals surface area contributed by atoms with Gasteiger partial charge < -0.3 is 9.84 Å². The summed E-state index contributed by atoms with van der Waals surface area (Å²) in [5.74, 6) is 0.247. The molecule has 1 atom stereocenters. The predicted octanol–water partition coefficient (Wildman–Crippen LogP) is 4.42. The van der Waals surface area contributed by atoms with E-state index in [9.17, 15) is 4.79 Å². The van der Waals surface area contributed by atoms with Gasteiger partial charge in [-0.3, -0.25) is 4.79 Å². The van der Waals surface area contributed by atoms with E-state index in [0.29, 0.717) is 12.8 Å². The van der Waals surface area contributed by atoms with Crippen molar-refractivity contribution in [1.82, 2.24) is 0 Å². The Morgan fingerprint density at radius 3 is 2.71 bits per heavy atom. The number of aliphatic carboxylic acids is 1. The van der Waals surface area contributed by atoms with E-state index in [2.05, 4.69) is 23.9 Å². The molecule has 1 aromatic carbocycles. The van der Waals surface area contributed by atoms with Crippen LogP contribution in [-0.2, 0) is 4.79 Å². The highest BCUT2D eigenvalue weighted by Crippen LogP contribution is 2.32. The molecule has 1 unspecified atom stereocenters. The van der Waals surface area contributed by atoms with Crippen LogP contribution < -0.4 is 4.74 Å². The van der Waals surface area contributed by atoms with Gasteiger partial charge in [0.25, 0.3) is 0 Å². The molecule has 1 rings (SSSR count). The lowest BCUT2D eigenvalue weighted by molar-refractivity contribution is -0.137. The average Bonchev–Trinajstić information content (AvgIpc) is 2.45. The Morgan fingerprint density at radius 2 is 2.19 bits per heavy atom. The zero-order chi connectivity index (χ0) is 15.8. The molecule has 0 aliphatic rings. The molecule has 0 saturated heterocycles. The quantitative estimate of drug-likeness (QED) is 0.436. The lowest BCUT2D eigenvalue weighted by Gasteiger charge is -2.17. The first-order chi connectivity index (χ1) is 9.99. The molecule has 6 heteroatoms. The van der Waals surface area contributed by atoms with Crippen molar-refractivity contribution in [3.05, 3.63) is 39.8 Å². The molecular weight excluding hydrogens is 270 g/mol. The number of carboxylic acids is 1. The fourth-order valence-corrected chi connectivity index (χ4v) is 2.21. The van der Waals surface area contributed by atoms with Gasteiger partial charge in [-0.05, 0) is 41.5 Å². The second kappa shape index (κ2) is 8.17. The van der Waals surface area contributed by atoms with Crippen molar-refractivity contribution in [2.75, 3.05) is 7.11 Å². The smallest absolute Gasteiger partial charge is 0.303 e. The number of benzene rings is 1. The number of carboxylic acid groups (broad SMARTS) is 1. The maximum atomic E-state index is 10.6. The molecule has 1 aromatic rings. The maximum Gasteiger partial charge on any atom is 0.303 e. The highest BCUT2D eigenvalue weighted by Gasteiger charge is 2.14. The van der Waals surface area contributed by atoms with E-state index in [0.717, 1.165) is 16.9 Å². The maximum absolute atomic E-state index is 10.6. The van der Waals surface area contributed by atoms with Gasteiger partial charge in [0, 0.05) is 11.3 Å². The molecule has 0 bridgehead atoms. The largest absolute Gasteiger partial charge is 0.496 e. The molecule has 0 fully saturated rings. The number of hydrogen-bond donors (Lipinski definition) is 1. The number of hydrogen-bond acceptors (Lipinski definition) is 3. The van der Waals surface area contributed by atoms with E-state index < -0.39 is 5.97 Å². The topological polar surface area (TPSA) is 95.3 Å². The van der Waals surface area contributed by atoms with Gasteiger partial charge in [0.05, 0.1) is 13.2 Å². The third kappa shape index (κ3) is 5.00. The molecule has 0 aliphatic heterocycles. The van der Waals surface area contributed by atoms with Crippen molar-refractivity contribution >= 4 is 5.97 Å². The molecule has 114 valence electrons. The lowest BCUT2D eigenvalue weighted by Crippen LogP contribution is -2.01. The van der Waals surface area contributed by atoms with Crippen LogP contribution in [0.4, 0.5) is 0 Å². The zero-order valence-corrected chi connectivity index (χ0v) is 12.6. The SMILES string of the molecule is COc1ccc(C(CCCC(=O)O)N=[N+]=[N-])cc1C(C)C. The first-order valence-corrected chi connectivity index (χ1v) is 6.93. The third-order valence-electron chi connectivity index (χ3n) is 3.32. The van der Waals surface area contributed by atoms with Crippen molar-refractivity contribution in [2.24, 2.45) is 5.11 Å². The van der Waals surface area contributed by atoms with E-state index in [1.54, 1.807) is 7.11 Å². The van der Waals surface area contributed by atoms with Gasteiger partial charge in [-0.25, -0.2) is 0 Å². The fourth-order valence-electron chi connectivity index (χ4n) is 2.21. The zero-order valence-electron chi connectivity index (χ0n) is 12.6. The molecule has 0 radical (unpaired) electrons. The van der Waals surface area contributed by atoms with Gasteiger partial charge in [0.15, 0.2) is 0 Å². The van der Waals surface area contributed by atoms with Crippen molar-refractivity contribution in [3.63, 3.8) is 0 Å². The van der Waals surface area contributed by atoms with Crippen LogP contribution in [0.5, 0.6) is 5.75 Å². The van der Waals surface area contributed by atoms with Crippen LogP contribution in [0.15, 0.2) is 23.3 Å². The molecule has 0 aliphatic carbocycles. The molecule has 21 heavy (non-hydrogen) atoms. The summed E-state index contributed by atoms with van der Waals surface area (Å²) in [6, 6.07) is 5.36. The van der Waals surface area contributed by atoms with Crippen LogP contribution in [-0.4, -0.2) is 18.2 Å². The summed E-state index contributed by atoms with van der Waals surface area (Å²) in [6.45, 7) is 4.13. The molecule has 0 heterocycles. The van der Waals surface area contributed by atoms with Crippen LogP contribution in [0.25, 0.3) is 10.4 Å². The summed E-state index contributed by atoms with van der Waals surface area (Å²) >= 11 is 0. The summed E-state index contributed by atoms with van der Waals surface area (Å²) in [6.07, 6.45) is 1.06. The van der Waals surface area contributed by atoms with Crippen LogP contribution in [0.3, 0.4) is 0 Å². The van der Waals surface area contributed by atoms with Crippen LogP contribution >= 0.6 is 0 Å². The van der Waals surface area contributed by atoms with E-state index in [1.807, 2.05) is 18.2 Å². The lowest BCUT2D eigenvalue weighted by atomic mass is 9.95. The monoisotopic (exact) mass is 291 g/mol. The Balaban J connectivity index is 2.99. The first-order valence-electron chi connectivity index (χ1n) is 6.93. The second-order valence-corrected chi connectivity index (χ2v) is 5.16. The van der Waals surface area contributed by atoms with Gasteiger partial charge in [0.2, 0.25) is 0 Å². The number of azide groups is 1. The number of methoxy groups -OCH3 is 1. The van der Waals surface area contributed by atoms with Gasteiger partial charge in [-0.2, -0.15) is 0 Å². The molecule has 0 spiro atoms. The summed E-state index contributed by atoms with van der Waals surface area (Å²) in [5, 5.41) is 12.5. The molecule has 0 aromatic heterocycles.